The van der Waals surface area contributed by atoms with Crippen LogP contribution < -0.4 is 19.5 Å². The van der Waals surface area contributed by atoms with Crippen LogP contribution in [0.2, 0.25) is 0 Å². The van der Waals surface area contributed by atoms with Crippen molar-refractivity contribution in [1.29, 1.82) is 0 Å². The van der Waals surface area contributed by atoms with E-state index in [2.05, 4.69) is 20.8 Å². The smallest absolute Gasteiger partial charge is 0.234 e. The average Bonchev–Trinajstić information content (AvgIpc) is 3.24. The summed E-state index contributed by atoms with van der Waals surface area (Å²) >= 11 is 1.24. The number of ether oxygens (including phenoxy) is 3. The van der Waals surface area contributed by atoms with Gasteiger partial charge in [0.1, 0.15) is 17.2 Å². The maximum absolute atomic E-state index is 12.6. The van der Waals surface area contributed by atoms with E-state index < -0.39 is 0 Å². The molecule has 10 heteroatoms. The van der Waals surface area contributed by atoms with E-state index in [9.17, 15) is 4.79 Å². The molecule has 3 rings (SSSR count). The summed E-state index contributed by atoms with van der Waals surface area (Å²) in [7, 11) is 0. The molecule has 1 heterocycles. The van der Waals surface area contributed by atoms with Gasteiger partial charge in [-0.2, -0.15) is 4.68 Å². The molecule has 1 N–H and O–H groups in total. The lowest BCUT2D eigenvalue weighted by molar-refractivity contribution is -0.113. The van der Waals surface area contributed by atoms with Crippen LogP contribution in [0.4, 0.5) is 5.69 Å². The largest absolute Gasteiger partial charge is 0.494 e. The molecule has 0 atom stereocenters. The third-order valence-corrected chi connectivity index (χ3v) is 4.92. The van der Waals surface area contributed by atoms with Crippen LogP contribution in [0.25, 0.3) is 5.69 Å². The first-order valence-corrected chi connectivity index (χ1v) is 11.0. The molecule has 0 saturated carbocycles. The number of benzene rings is 2. The highest BCUT2D eigenvalue weighted by Gasteiger charge is 2.14. The van der Waals surface area contributed by atoms with Crippen LogP contribution in [0.15, 0.2) is 47.6 Å². The number of anilines is 1. The maximum Gasteiger partial charge on any atom is 0.234 e. The second-order valence-electron chi connectivity index (χ2n) is 6.16. The summed E-state index contributed by atoms with van der Waals surface area (Å²) in [6, 6.07) is 12.8. The maximum atomic E-state index is 12.6. The Labute approximate surface area is 185 Å². The molecule has 0 spiro atoms. The SMILES string of the molecule is CCOc1ccc(-n2nnnc2SCC(=O)Nc2cc(OCC)ccc2OCC)cc1. The standard InChI is InChI=1S/C21H25N5O4S/c1-4-28-16-9-7-15(8-10-16)26-21(23-24-25-26)31-14-20(27)22-18-13-17(29-5-2)11-12-19(18)30-6-3/h7-13H,4-6,14H2,1-3H3,(H,22,27). The Bertz CT molecular complexity index is 994. The van der Waals surface area contributed by atoms with Gasteiger partial charge < -0.3 is 19.5 Å². The van der Waals surface area contributed by atoms with Gasteiger partial charge in [-0.15, -0.1) is 5.10 Å². The summed E-state index contributed by atoms with van der Waals surface area (Å²) in [6.07, 6.45) is 0. The number of carbonyl (C=O) groups excluding carboxylic acids is 1. The highest BCUT2D eigenvalue weighted by molar-refractivity contribution is 7.99. The molecular formula is C21H25N5O4S. The third-order valence-electron chi connectivity index (χ3n) is 4.00. The second kappa shape index (κ2) is 11.2. The summed E-state index contributed by atoms with van der Waals surface area (Å²) in [5.74, 6) is 1.94. The minimum absolute atomic E-state index is 0.127. The molecule has 3 aromatic rings. The fourth-order valence-corrected chi connectivity index (χ4v) is 3.43. The topological polar surface area (TPSA) is 100 Å². The lowest BCUT2D eigenvalue weighted by Gasteiger charge is -2.13. The Morgan fingerprint density at radius 2 is 1.65 bits per heavy atom. The van der Waals surface area contributed by atoms with E-state index in [1.54, 1.807) is 16.8 Å². The first kappa shape index (κ1) is 22.4. The molecule has 0 aliphatic rings. The number of amides is 1. The van der Waals surface area contributed by atoms with E-state index in [4.69, 9.17) is 14.2 Å². The van der Waals surface area contributed by atoms with Crippen LogP contribution in [0.3, 0.4) is 0 Å². The van der Waals surface area contributed by atoms with Gasteiger partial charge in [0.25, 0.3) is 0 Å². The molecule has 1 amide bonds. The molecule has 0 aliphatic carbocycles. The zero-order valence-corrected chi connectivity index (χ0v) is 18.5. The van der Waals surface area contributed by atoms with Gasteiger partial charge >= 0.3 is 0 Å². The molecule has 0 fully saturated rings. The zero-order valence-electron chi connectivity index (χ0n) is 17.7. The number of rotatable bonds is 11. The molecule has 2 aromatic carbocycles. The van der Waals surface area contributed by atoms with Gasteiger partial charge in [-0.1, -0.05) is 11.8 Å². The van der Waals surface area contributed by atoms with Crippen molar-refractivity contribution in [2.75, 3.05) is 30.9 Å². The van der Waals surface area contributed by atoms with Crippen molar-refractivity contribution in [3.05, 3.63) is 42.5 Å². The first-order chi connectivity index (χ1) is 15.1. The summed E-state index contributed by atoms with van der Waals surface area (Å²) in [6.45, 7) is 7.34. The van der Waals surface area contributed by atoms with Crippen LogP contribution in [0.5, 0.6) is 17.2 Å². The Morgan fingerprint density at radius 3 is 2.35 bits per heavy atom. The quantitative estimate of drug-likeness (QED) is 0.449. The Morgan fingerprint density at radius 1 is 0.968 bits per heavy atom. The number of carbonyl (C=O) groups is 1. The minimum atomic E-state index is -0.208. The monoisotopic (exact) mass is 443 g/mol. The van der Waals surface area contributed by atoms with Gasteiger partial charge in [0.05, 0.1) is 36.9 Å². The van der Waals surface area contributed by atoms with Gasteiger partial charge in [-0.25, -0.2) is 0 Å². The molecule has 0 unspecified atom stereocenters. The number of tetrazole rings is 1. The molecule has 0 saturated heterocycles. The molecule has 0 bridgehead atoms. The first-order valence-electron chi connectivity index (χ1n) is 9.98. The van der Waals surface area contributed by atoms with E-state index in [1.807, 2.05) is 51.1 Å². The van der Waals surface area contributed by atoms with Gasteiger partial charge in [-0.3, -0.25) is 4.79 Å². The van der Waals surface area contributed by atoms with E-state index in [-0.39, 0.29) is 11.7 Å². The van der Waals surface area contributed by atoms with Gasteiger partial charge in [0.2, 0.25) is 11.1 Å². The van der Waals surface area contributed by atoms with Crippen molar-refractivity contribution in [2.45, 2.75) is 25.9 Å². The van der Waals surface area contributed by atoms with Gasteiger partial charge in [0.15, 0.2) is 0 Å². The van der Waals surface area contributed by atoms with Gasteiger partial charge in [0, 0.05) is 6.07 Å². The Kier molecular flexibility index (Phi) is 8.11. The number of hydrogen-bond acceptors (Lipinski definition) is 8. The lowest BCUT2D eigenvalue weighted by Crippen LogP contribution is -2.15. The molecule has 0 radical (unpaired) electrons. The molecule has 1 aromatic heterocycles. The molecule has 31 heavy (non-hydrogen) atoms. The number of thioether (sulfide) groups is 1. The summed E-state index contributed by atoms with van der Waals surface area (Å²) in [4.78, 5) is 12.6. The zero-order chi connectivity index (χ0) is 22.1. The summed E-state index contributed by atoms with van der Waals surface area (Å²) in [5.41, 5.74) is 1.34. The van der Waals surface area contributed by atoms with Crippen LogP contribution in [-0.4, -0.2) is 51.7 Å². The fourth-order valence-electron chi connectivity index (χ4n) is 2.74. The molecule has 9 nitrogen and oxygen atoms in total. The van der Waals surface area contributed by atoms with Crippen molar-refractivity contribution >= 4 is 23.4 Å². The number of hydrogen-bond donors (Lipinski definition) is 1. The fraction of sp³-hybridized carbons (Fsp3) is 0.333. The van der Waals surface area contributed by atoms with Crippen molar-refractivity contribution in [1.82, 2.24) is 20.2 Å². The Balaban J connectivity index is 1.66. The van der Waals surface area contributed by atoms with E-state index in [0.717, 1.165) is 11.4 Å². The van der Waals surface area contributed by atoms with Gasteiger partial charge in [-0.05, 0) is 67.6 Å². The second-order valence-corrected chi connectivity index (χ2v) is 7.10. The van der Waals surface area contributed by atoms with Crippen molar-refractivity contribution in [2.24, 2.45) is 0 Å². The number of nitrogens with one attached hydrogen (secondary N) is 1. The number of aromatic nitrogens is 4. The van der Waals surface area contributed by atoms with Crippen LogP contribution in [0, 0.1) is 0 Å². The normalized spacial score (nSPS) is 10.5. The predicted octanol–water partition coefficient (Wildman–Crippen LogP) is 3.59. The van der Waals surface area contributed by atoms with Crippen LogP contribution >= 0.6 is 11.8 Å². The summed E-state index contributed by atoms with van der Waals surface area (Å²) < 4.78 is 18.2. The van der Waals surface area contributed by atoms with E-state index in [1.165, 1.54) is 11.8 Å². The number of nitrogens with zero attached hydrogens (tertiary/aromatic N) is 4. The average molecular weight is 444 g/mol. The van der Waals surface area contributed by atoms with Crippen LogP contribution in [-0.2, 0) is 4.79 Å². The van der Waals surface area contributed by atoms with Crippen molar-refractivity contribution in [3.63, 3.8) is 0 Å². The molecule has 0 aliphatic heterocycles. The third kappa shape index (κ3) is 6.11. The highest BCUT2D eigenvalue weighted by Crippen LogP contribution is 2.30. The van der Waals surface area contributed by atoms with Crippen molar-refractivity contribution < 1.29 is 19.0 Å². The lowest BCUT2D eigenvalue weighted by atomic mass is 10.2. The molecular weight excluding hydrogens is 418 g/mol. The minimum Gasteiger partial charge on any atom is -0.494 e. The Hall–Kier alpha value is -3.27. The summed E-state index contributed by atoms with van der Waals surface area (Å²) in [5, 5.41) is 15.2. The van der Waals surface area contributed by atoms with E-state index in [0.29, 0.717) is 42.2 Å². The van der Waals surface area contributed by atoms with Crippen LogP contribution in [0.1, 0.15) is 20.8 Å². The van der Waals surface area contributed by atoms with E-state index >= 15 is 0 Å². The van der Waals surface area contributed by atoms with Crippen molar-refractivity contribution in [3.8, 4) is 22.9 Å². The molecule has 164 valence electrons. The predicted molar refractivity (Wildman–Crippen MR) is 118 cm³/mol. The highest BCUT2D eigenvalue weighted by atomic mass is 32.2.